The molecule has 1 amide bonds. The molecule has 5 heteroatoms. The standard InChI is InChI=1S/C18H21NO3S/c1-3-14-8-6-7-11-17(14)18(20)19-12-15-9-4-5-10-16(15)13-23(2,21)22/h4-11H,3,12-13H2,1-2H3,(H,19,20). The van der Waals surface area contributed by atoms with Crippen molar-refractivity contribution < 1.29 is 13.2 Å². The predicted molar refractivity (Wildman–Crippen MR) is 92.0 cm³/mol. The number of hydrogen-bond donors (Lipinski definition) is 1. The summed E-state index contributed by atoms with van der Waals surface area (Å²) < 4.78 is 23.0. The summed E-state index contributed by atoms with van der Waals surface area (Å²) >= 11 is 0. The maximum Gasteiger partial charge on any atom is 0.251 e. The fourth-order valence-corrected chi connectivity index (χ4v) is 3.32. The van der Waals surface area contributed by atoms with Crippen molar-refractivity contribution in [2.45, 2.75) is 25.6 Å². The zero-order valence-corrected chi connectivity index (χ0v) is 14.2. The molecule has 2 aromatic carbocycles. The summed E-state index contributed by atoms with van der Waals surface area (Å²) in [6.07, 6.45) is 1.99. The molecule has 0 aliphatic heterocycles. The molecular formula is C18H21NO3S. The summed E-state index contributed by atoms with van der Waals surface area (Å²) in [5.41, 5.74) is 3.20. The van der Waals surface area contributed by atoms with E-state index < -0.39 is 9.84 Å². The van der Waals surface area contributed by atoms with Gasteiger partial charge in [-0.3, -0.25) is 4.79 Å². The lowest BCUT2D eigenvalue weighted by atomic mass is 10.0. The first-order chi connectivity index (χ1) is 10.9. The lowest BCUT2D eigenvalue weighted by molar-refractivity contribution is 0.0950. The zero-order valence-electron chi connectivity index (χ0n) is 13.4. The highest BCUT2D eigenvalue weighted by molar-refractivity contribution is 7.89. The molecule has 0 fully saturated rings. The molecule has 0 atom stereocenters. The third-order valence-electron chi connectivity index (χ3n) is 3.62. The summed E-state index contributed by atoms with van der Waals surface area (Å²) in [7, 11) is -3.11. The van der Waals surface area contributed by atoms with Crippen LogP contribution in [0.5, 0.6) is 0 Å². The second-order valence-corrected chi connectivity index (χ2v) is 7.67. The number of carbonyl (C=O) groups is 1. The van der Waals surface area contributed by atoms with Crippen LogP contribution in [0, 0.1) is 0 Å². The normalized spacial score (nSPS) is 11.2. The summed E-state index contributed by atoms with van der Waals surface area (Å²) in [4.78, 5) is 12.4. The van der Waals surface area contributed by atoms with Gasteiger partial charge in [0.15, 0.2) is 9.84 Å². The van der Waals surface area contributed by atoms with E-state index in [4.69, 9.17) is 0 Å². The largest absolute Gasteiger partial charge is 0.348 e. The number of rotatable bonds is 6. The average Bonchev–Trinajstić information content (AvgIpc) is 2.52. The fourth-order valence-electron chi connectivity index (χ4n) is 2.47. The molecule has 0 aromatic heterocycles. The highest BCUT2D eigenvalue weighted by atomic mass is 32.2. The van der Waals surface area contributed by atoms with Gasteiger partial charge in [0.25, 0.3) is 5.91 Å². The Balaban J connectivity index is 2.13. The quantitative estimate of drug-likeness (QED) is 0.885. The van der Waals surface area contributed by atoms with E-state index in [0.29, 0.717) is 12.1 Å². The predicted octanol–water partition coefficient (Wildman–Crippen LogP) is 2.72. The van der Waals surface area contributed by atoms with Crippen molar-refractivity contribution in [3.8, 4) is 0 Å². The van der Waals surface area contributed by atoms with Crippen LogP contribution in [0.1, 0.15) is 34.0 Å². The molecule has 1 N–H and O–H groups in total. The van der Waals surface area contributed by atoms with E-state index in [-0.39, 0.29) is 11.7 Å². The van der Waals surface area contributed by atoms with Crippen molar-refractivity contribution in [1.82, 2.24) is 5.32 Å². The molecule has 0 radical (unpaired) electrons. The average molecular weight is 331 g/mol. The zero-order chi connectivity index (χ0) is 16.9. The maximum absolute atomic E-state index is 12.4. The Morgan fingerprint density at radius 1 is 0.957 bits per heavy atom. The molecule has 0 unspecified atom stereocenters. The van der Waals surface area contributed by atoms with Crippen molar-refractivity contribution in [2.24, 2.45) is 0 Å². The Hall–Kier alpha value is -2.14. The third-order valence-corrected chi connectivity index (χ3v) is 4.45. The Labute approximate surface area is 137 Å². The van der Waals surface area contributed by atoms with Gasteiger partial charge in [-0.05, 0) is 29.2 Å². The monoisotopic (exact) mass is 331 g/mol. The molecule has 122 valence electrons. The number of aryl methyl sites for hydroxylation is 1. The van der Waals surface area contributed by atoms with E-state index in [2.05, 4.69) is 5.32 Å². The van der Waals surface area contributed by atoms with Crippen LogP contribution in [-0.4, -0.2) is 20.6 Å². The third kappa shape index (κ3) is 4.93. The van der Waals surface area contributed by atoms with Gasteiger partial charge in [-0.2, -0.15) is 0 Å². The van der Waals surface area contributed by atoms with Gasteiger partial charge in [0.2, 0.25) is 0 Å². The van der Waals surface area contributed by atoms with Crippen molar-refractivity contribution in [2.75, 3.05) is 6.26 Å². The highest BCUT2D eigenvalue weighted by Gasteiger charge is 2.12. The molecule has 0 saturated heterocycles. The van der Waals surface area contributed by atoms with E-state index in [9.17, 15) is 13.2 Å². The first-order valence-electron chi connectivity index (χ1n) is 7.51. The molecule has 0 aliphatic carbocycles. The molecule has 0 heterocycles. The van der Waals surface area contributed by atoms with Crippen molar-refractivity contribution in [3.05, 3.63) is 70.8 Å². The van der Waals surface area contributed by atoms with Crippen LogP contribution in [0.3, 0.4) is 0 Å². The van der Waals surface area contributed by atoms with Gasteiger partial charge in [-0.25, -0.2) is 8.42 Å². The van der Waals surface area contributed by atoms with Gasteiger partial charge in [-0.15, -0.1) is 0 Å². The summed E-state index contributed by atoms with van der Waals surface area (Å²) in [6, 6.07) is 14.8. The van der Waals surface area contributed by atoms with E-state index in [1.165, 1.54) is 6.26 Å². The first kappa shape index (κ1) is 17.2. The number of benzene rings is 2. The van der Waals surface area contributed by atoms with Crippen LogP contribution >= 0.6 is 0 Å². The maximum atomic E-state index is 12.4. The number of hydrogen-bond acceptors (Lipinski definition) is 3. The van der Waals surface area contributed by atoms with E-state index in [1.54, 1.807) is 18.2 Å². The molecule has 0 aliphatic rings. The highest BCUT2D eigenvalue weighted by Crippen LogP contribution is 2.13. The van der Waals surface area contributed by atoms with Crippen LogP contribution in [0.25, 0.3) is 0 Å². The lowest BCUT2D eigenvalue weighted by Crippen LogP contribution is -2.24. The van der Waals surface area contributed by atoms with Crippen LogP contribution in [0.4, 0.5) is 0 Å². The van der Waals surface area contributed by atoms with Gasteiger partial charge in [0.05, 0.1) is 5.75 Å². The van der Waals surface area contributed by atoms with Gasteiger partial charge >= 0.3 is 0 Å². The second kappa shape index (κ2) is 7.42. The molecule has 0 bridgehead atoms. The van der Waals surface area contributed by atoms with Crippen molar-refractivity contribution in [1.29, 1.82) is 0 Å². The Kier molecular flexibility index (Phi) is 5.55. The summed E-state index contributed by atoms with van der Waals surface area (Å²) in [6.45, 7) is 2.32. The molecule has 23 heavy (non-hydrogen) atoms. The topological polar surface area (TPSA) is 63.2 Å². The van der Waals surface area contributed by atoms with Crippen LogP contribution < -0.4 is 5.32 Å². The Morgan fingerprint density at radius 3 is 2.13 bits per heavy atom. The molecular weight excluding hydrogens is 310 g/mol. The van der Waals surface area contributed by atoms with E-state index >= 15 is 0 Å². The Morgan fingerprint density at radius 2 is 1.52 bits per heavy atom. The van der Waals surface area contributed by atoms with Crippen molar-refractivity contribution in [3.63, 3.8) is 0 Å². The second-order valence-electron chi connectivity index (χ2n) is 5.53. The van der Waals surface area contributed by atoms with Crippen LogP contribution in [0.15, 0.2) is 48.5 Å². The van der Waals surface area contributed by atoms with Gasteiger partial charge < -0.3 is 5.32 Å². The molecule has 0 saturated carbocycles. The van der Waals surface area contributed by atoms with Crippen LogP contribution in [-0.2, 0) is 28.6 Å². The summed E-state index contributed by atoms with van der Waals surface area (Å²) in [5, 5.41) is 2.88. The van der Waals surface area contributed by atoms with Gasteiger partial charge in [0.1, 0.15) is 0 Å². The number of nitrogens with one attached hydrogen (secondary N) is 1. The van der Waals surface area contributed by atoms with Gasteiger partial charge in [0, 0.05) is 18.4 Å². The lowest BCUT2D eigenvalue weighted by Gasteiger charge is -2.12. The Bertz CT molecular complexity index is 797. The summed E-state index contributed by atoms with van der Waals surface area (Å²) in [5.74, 6) is -0.165. The fraction of sp³-hybridized carbons (Fsp3) is 0.278. The molecule has 4 nitrogen and oxygen atoms in total. The molecule has 0 spiro atoms. The minimum atomic E-state index is -3.11. The first-order valence-corrected chi connectivity index (χ1v) is 9.57. The van der Waals surface area contributed by atoms with Crippen LogP contribution in [0.2, 0.25) is 0 Å². The van der Waals surface area contributed by atoms with E-state index in [1.807, 2.05) is 37.3 Å². The number of sulfone groups is 1. The molecule has 2 aromatic rings. The van der Waals surface area contributed by atoms with Gasteiger partial charge in [-0.1, -0.05) is 49.4 Å². The minimum Gasteiger partial charge on any atom is -0.348 e. The van der Waals surface area contributed by atoms with Crippen molar-refractivity contribution >= 4 is 15.7 Å². The minimum absolute atomic E-state index is 0.0232. The SMILES string of the molecule is CCc1ccccc1C(=O)NCc1ccccc1CS(C)(=O)=O. The molecule has 2 rings (SSSR count). The number of carbonyl (C=O) groups excluding carboxylic acids is 1. The smallest absolute Gasteiger partial charge is 0.251 e. The van der Waals surface area contributed by atoms with E-state index in [0.717, 1.165) is 23.1 Å². The number of amides is 1.